The molecule has 9 heteroatoms. The van der Waals surface area contributed by atoms with Crippen molar-refractivity contribution in [3.05, 3.63) is 65.2 Å². The molecule has 0 bridgehead atoms. The molecule has 1 saturated heterocycles. The minimum atomic E-state index is -3.65. The zero-order valence-electron chi connectivity index (χ0n) is 15.6. The van der Waals surface area contributed by atoms with Gasteiger partial charge < -0.3 is 9.90 Å². The van der Waals surface area contributed by atoms with Gasteiger partial charge in [-0.3, -0.25) is 4.79 Å². The third-order valence-corrected chi connectivity index (χ3v) is 6.49. The van der Waals surface area contributed by atoms with Crippen molar-refractivity contribution in [3.63, 3.8) is 0 Å². The lowest BCUT2D eigenvalue weighted by Gasteiger charge is -2.25. The fraction of sp³-hybridized carbons (Fsp3) is 0.250. The van der Waals surface area contributed by atoms with E-state index in [0.29, 0.717) is 13.1 Å². The number of carboxylic acids is 1. The van der Waals surface area contributed by atoms with E-state index < -0.39 is 21.9 Å². The summed E-state index contributed by atoms with van der Waals surface area (Å²) in [5.74, 6) is -1.96. The summed E-state index contributed by atoms with van der Waals surface area (Å²) in [6.07, 6.45) is 3.84. The Morgan fingerprint density at radius 3 is 2.48 bits per heavy atom. The van der Waals surface area contributed by atoms with Gasteiger partial charge in [-0.25, -0.2) is 13.8 Å². The molecule has 0 atom stereocenters. The summed E-state index contributed by atoms with van der Waals surface area (Å²) in [5.41, 5.74) is 2.63. The van der Waals surface area contributed by atoms with Crippen molar-refractivity contribution in [2.24, 2.45) is 5.10 Å². The van der Waals surface area contributed by atoms with Crippen LogP contribution in [0.25, 0.3) is 0 Å². The van der Waals surface area contributed by atoms with Gasteiger partial charge in [-0.05, 0) is 31.0 Å². The molecule has 0 saturated carbocycles. The van der Waals surface area contributed by atoms with E-state index in [-0.39, 0.29) is 21.6 Å². The van der Waals surface area contributed by atoms with Gasteiger partial charge in [0.1, 0.15) is 0 Å². The lowest BCUT2D eigenvalue weighted by molar-refractivity contribution is -0.255. The molecule has 1 fully saturated rings. The molecule has 2 aromatic rings. The minimum absolute atomic E-state index is 0.0540. The summed E-state index contributed by atoms with van der Waals surface area (Å²) in [4.78, 5) is 23.5. The highest BCUT2D eigenvalue weighted by molar-refractivity contribution is 7.89. The molecule has 0 aromatic heterocycles. The number of piperidine rings is 1. The summed E-state index contributed by atoms with van der Waals surface area (Å²) in [6.45, 7) is 0.946. The van der Waals surface area contributed by atoms with E-state index in [4.69, 9.17) is 0 Å². The van der Waals surface area contributed by atoms with Crippen molar-refractivity contribution in [1.29, 1.82) is 0 Å². The van der Waals surface area contributed by atoms with Gasteiger partial charge in [0.25, 0.3) is 5.91 Å². The van der Waals surface area contributed by atoms with E-state index in [0.717, 1.165) is 19.3 Å². The highest BCUT2D eigenvalue weighted by atomic mass is 32.2. The van der Waals surface area contributed by atoms with Gasteiger partial charge in [-0.2, -0.15) is 9.41 Å². The van der Waals surface area contributed by atoms with Crippen LogP contribution in [-0.4, -0.2) is 43.9 Å². The SMILES string of the molecule is O=C(N/N=C\c1ccccc1C(=O)[O-])c1cccc(S(=O)(=O)N2CCCCC2)c1. The lowest BCUT2D eigenvalue weighted by Crippen LogP contribution is -2.35. The van der Waals surface area contributed by atoms with Crippen LogP contribution in [0.4, 0.5) is 0 Å². The first-order valence-electron chi connectivity index (χ1n) is 9.13. The van der Waals surface area contributed by atoms with Crippen LogP contribution in [0.2, 0.25) is 0 Å². The summed E-state index contributed by atoms with van der Waals surface area (Å²) < 4.78 is 27.0. The van der Waals surface area contributed by atoms with E-state index in [1.165, 1.54) is 46.9 Å². The third kappa shape index (κ3) is 4.87. The van der Waals surface area contributed by atoms with Crippen LogP contribution in [0.15, 0.2) is 58.5 Å². The second kappa shape index (κ2) is 8.97. The van der Waals surface area contributed by atoms with Gasteiger partial charge in [0.2, 0.25) is 10.0 Å². The Morgan fingerprint density at radius 1 is 1.03 bits per heavy atom. The van der Waals surface area contributed by atoms with Crippen molar-refractivity contribution in [2.45, 2.75) is 24.2 Å². The molecule has 3 rings (SSSR count). The predicted molar refractivity (Wildman–Crippen MR) is 105 cm³/mol. The second-order valence-corrected chi connectivity index (χ2v) is 8.50. The summed E-state index contributed by atoms with van der Waals surface area (Å²) >= 11 is 0. The molecular formula is C20H20N3O5S-. The quantitative estimate of drug-likeness (QED) is 0.558. The van der Waals surface area contributed by atoms with E-state index in [9.17, 15) is 23.1 Å². The van der Waals surface area contributed by atoms with E-state index in [1.54, 1.807) is 12.1 Å². The molecule has 152 valence electrons. The van der Waals surface area contributed by atoms with Crippen LogP contribution in [0.5, 0.6) is 0 Å². The largest absolute Gasteiger partial charge is 0.545 e. The zero-order valence-corrected chi connectivity index (χ0v) is 16.4. The number of hydrogen-bond donors (Lipinski definition) is 1. The topological polar surface area (TPSA) is 119 Å². The molecule has 0 spiro atoms. The molecule has 0 radical (unpaired) electrons. The van der Waals surface area contributed by atoms with E-state index in [1.807, 2.05) is 0 Å². The van der Waals surface area contributed by atoms with E-state index >= 15 is 0 Å². The number of rotatable bonds is 6. The van der Waals surface area contributed by atoms with Crippen LogP contribution in [0.3, 0.4) is 0 Å². The number of sulfonamides is 1. The molecule has 1 aliphatic rings. The summed E-state index contributed by atoms with van der Waals surface area (Å²) in [7, 11) is -3.65. The van der Waals surface area contributed by atoms with Gasteiger partial charge in [-0.1, -0.05) is 36.8 Å². The summed E-state index contributed by atoms with van der Waals surface area (Å²) in [5, 5.41) is 14.8. The maximum atomic E-state index is 12.8. The second-order valence-electron chi connectivity index (χ2n) is 6.57. The van der Waals surface area contributed by atoms with Gasteiger partial charge in [0, 0.05) is 29.8 Å². The van der Waals surface area contributed by atoms with Crippen LogP contribution >= 0.6 is 0 Å². The Kier molecular flexibility index (Phi) is 6.40. The molecule has 2 aromatic carbocycles. The van der Waals surface area contributed by atoms with Crippen LogP contribution in [-0.2, 0) is 10.0 Å². The molecule has 1 heterocycles. The molecular weight excluding hydrogens is 394 g/mol. The van der Waals surface area contributed by atoms with Crippen molar-refractivity contribution >= 4 is 28.1 Å². The number of aromatic carboxylic acids is 1. The lowest BCUT2D eigenvalue weighted by atomic mass is 10.1. The first-order valence-corrected chi connectivity index (χ1v) is 10.6. The fourth-order valence-electron chi connectivity index (χ4n) is 3.07. The standard InChI is InChI=1S/C20H21N3O5S/c24-19(22-21-14-16-7-2-3-10-18(16)20(25)26)15-8-6-9-17(13-15)29(27,28)23-11-4-1-5-12-23/h2-3,6-10,13-14H,1,4-5,11-12H2,(H,22,24)(H,25,26)/p-1/b21-14-. The number of nitrogens with one attached hydrogen (secondary N) is 1. The Labute approximate surface area is 168 Å². The molecule has 8 nitrogen and oxygen atoms in total. The Balaban J connectivity index is 1.74. The van der Waals surface area contributed by atoms with Gasteiger partial charge in [0.05, 0.1) is 17.1 Å². The van der Waals surface area contributed by atoms with Crippen LogP contribution in [0.1, 0.15) is 45.5 Å². The highest BCUT2D eigenvalue weighted by Crippen LogP contribution is 2.21. The van der Waals surface area contributed by atoms with Crippen molar-refractivity contribution in [1.82, 2.24) is 9.73 Å². The van der Waals surface area contributed by atoms with Crippen LogP contribution < -0.4 is 10.5 Å². The average molecular weight is 414 g/mol. The minimum Gasteiger partial charge on any atom is -0.545 e. The molecule has 1 aliphatic heterocycles. The molecule has 29 heavy (non-hydrogen) atoms. The first kappa shape index (κ1) is 20.7. The average Bonchev–Trinajstić information content (AvgIpc) is 2.74. The number of carboxylic acid groups (broad SMARTS) is 1. The number of nitrogens with zero attached hydrogens (tertiary/aromatic N) is 2. The monoisotopic (exact) mass is 414 g/mol. The van der Waals surface area contributed by atoms with Crippen LogP contribution in [0, 0.1) is 0 Å². The molecule has 1 amide bonds. The Bertz CT molecular complexity index is 1040. The Morgan fingerprint density at radius 2 is 1.76 bits per heavy atom. The highest BCUT2D eigenvalue weighted by Gasteiger charge is 2.26. The van der Waals surface area contributed by atoms with Crippen molar-refractivity contribution in [2.75, 3.05) is 13.1 Å². The fourth-order valence-corrected chi connectivity index (χ4v) is 4.64. The Hall–Kier alpha value is -3.04. The van der Waals surface area contributed by atoms with Gasteiger partial charge in [0.15, 0.2) is 0 Å². The summed E-state index contributed by atoms with van der Waals surface area (Å²) in [6, 6.07) is 11.8. The first-order chi connectivity index (χ1) is 13.9. The van der Waals surface area contributed by atoms with Gasteiger partial charge >= 0.3 is 0 Å². The maximum Gasteiger partial charge on any atom is 0.271 e. The van der Waals surface area contributed by atoms with E-state index in [2.05, 4.69) is 10.5 Å². The van der Waals surface area contributed by atoms with Crippen molar-refractivity contribution in [3.8, 4) is 0 Å². The van der Waals surface area contributed by atoms with Gasteiger partial charge in [-0.15, -0.1) is 0 Å². The number of hydrogen-bond acceptors (Lipinski definition) is 6. The number of carbonyl (C=O) groups is 2. The number of amides is 1. The zero-order chi connectivity index (χ0) is 20.9. The molecule has 1 N–H and O–H groups in total. The third-order valence-electron chi connectivity index (χ3n) is 4.60. The van der Waals surface area contributed by atoms with Crippen molar-refractivity contribution < 1.29 is 23.1 Å². The molecule has 0 aliphatic carbocycles. The normalized spacial score (nSPS) is 15.3. The maximum absolute atomic E-state index is 12.8. The number of carbonyl (C=O) groups excluding carboxylic acids is 2. The predicted octanol–water partition coefficient (Wildman–Crippen LogP) is 0.989. The smallest absolute Gasteiger partial charge is 0.271 e. The molecule has 0 unspecified atom stereocenters. The number of hydrazone groups is 1. The number of benzene rings is 2.